The van der Waals surface area contributed by atoms with Crippen LogP contribution < -0.4 is 10.2 Å². The van der Waals surface area contributed by atoms with Gasteiger partial charge in [-0.05, 0) is 53.1 Å². The lowest BCUT2D eigenvalue weighted by Gasteiger charge is -2.21. The van der Waals surface area contributed by atoms with Crippen LogP contribution in [-0.4, -0.2) is 42.9 Å². The Bertz CT molecular complexity index is 1170. The molecular formula is C28H29ClN2O4. The largest absolute Gasteiger partial charge is 0.480 e. The summed E-state index contributed by atoms with van der Waals surface area (Å²) in [5.74, 6) is -1.10. The van der Waals surface area contributed by atoms with Gasteiger partial charge in [-0.3, -0.25) is 0 Å². The van der Waals surface area contributed by atoms with Crippen molar-refractivity contribution >= 4 is 30.2 Å². The number of benzene rings is 3. The zero-order valence-corrected chi connectivity index (χ0v) is 20.2. The lowest BCUT2D eigenvalue weighted by Crippen LogP contribution is -2.42. The fraction of sp³-hybridized carbons (Fsp3) is 0.286. The number of rotatable bonds is 8. The highest BCUT2D eigenvalue weighted by atomic mass is 35.5. The smallest absolute Gasteiger partial charge is 0.407 e. The normalized spacial score (nSPS) is 14.3. The van der Waals surface area contributed by atoms with Gasteiger partial charge in [0.2, 0.25) is 0 Å². The molecule has 6 nitrogen and oxygen atoms in total. The molecule has 1 heterocycles. The molecule has 7 heteroatoms. The van der Waals surface area contributed by atoms with Crippen LogP contribution in [0.3, 0.4) is 0 Å². The lowest BCUT2D eigenvalue weighted by molar-refractivity contribution is -0.139. The summed E-state index contributed by atoms with van der Waals surface area (Å²) in [5, 5.41) is 12.2. The van der Waals surface area contributed by atoms with Crippen molar-refractivity contribution in [2.75, 3.05) is 24.6 Å². The molecule has 0 fully saturated rings. The van der Waals surface area contributed by atoms with Gasteiger partial charge in [-0.1, -0.05) is 66.7 Å². The van der Waals surface area contributed by atoms with E-state index in [-0.39, 0.29) is 24.9 Å². The number of amides is 1. The van der Waals surface area contributed by atoms with E-state index in [9.17, 15) is 14.7 Å². The summed E-state index contributed by atoms with van der Waals surface area (Å²) in [7, 11) is 0. The van der Waals surface area contributed by atoms with E-state index in [0.717, 1.165) is 41.8 Å². The Hall–Kier alpha value is -3.51. The SMILES string of the molecule is Cl.O=C(N[C@@H](CCCN1CCc2ccccc21)C(=O)O)OCC1c2ccccc2-c2ccccc21. The molecule has 2 aliphatic rings. The third-order valence-corrected chi connectivity index (χ3v) is 6.84. The molecule has 35 heavy (non-hydrogen) atoms. The Morgan fingerprint density at radius 1 is 0.971 bits per heavy atom. The average Bonchev–Trinajstić information content (AvgIpc) is 3.41. The van der Waals surface area contributed by atoms with E-state index in [2.05, 4.69) is 46.6 Å². The average molecular weight is 493 g/mol. The maximum absolute atomic E-state index is 12.5. The first-order valence-corrected chi connectivity index (χ1v) is 11.8. The first-order valence-electron chi connectivity index (χ1n) is 11.8. The van der Waals surface area contributed by atoms with Crippen LogP contribution in [0.25, 0.3) is 11.1 Å². The van der Waals surface area contributed by atoms with Gasteiger partial charge in [0, 0.05) is 24.7 Å². The summed E-state index contributed by atoms with van der Waals surface area (Å²) >= 11 is 0. The van der Waals surface area contributed by atoms with Gasteiger partial charge in [-0.25, -0.2) is 9.59 Å². The maximum Gasteiger partial charge on any atom is 0.407 e. The van der Waals surface area contributed by atoms with E-state index in [4.69, 9.17) is 4.74 Å². The van der Waals surface area contributed by atoms with Crippen molar-refractivity contribution in [2.24, 2.45) is 0 Å². The van der Waals surface area contributed by atoms with Crippen LogP contribution in [0.2, 0.25) is 0 Å². The van der Waals surface area contributed by atoms with Crippen molar-refractivity contribution < 1.29 is 19.4 Å². The predicted octanol–water partition coefficient (Wildman–Crippen LogP) is 5.24. The fourth-order valence-electron chi connectivity index (χ4n) is 5.16. The third-order valence-electron chi connectivity index (χ3n) is 6.84. The standard InChI is InChI=1S/C28H28N2O4.ClH/c31-27(32)25(13-7-16-30-17-15-19-8-1-6-14-26(19)30)29-28(33)34-18-24-22-11-4-2-9-20(22)21-10-3-5-12-23(21)24;/h1-6,8-12,14,24-25H,7,13,15-18H2,(H,29,33)(H,31,32);1H/t25-;/m0./s1. The minimum Gasteiger partial charge on any atom is -0.480 e. The Balaban J connectivity index is 0.00000289. The number of carboxylic acids is 1. The van der Waals surface area contributed by atoms with Gasteiger partial charge in [-0.2, -0.15) is 0 Å². The van der Waals surface area contributed by atoms with E-state index in [1.54, 1.807) is 0 Å². The van der Waals surface area contributed by atoms with Crippen LogP contribution in [-0.2, 0) is 16.0 Å². The van der Waals surface area contributed by atoms with E-state index >= 15 is 0 Å². The molecule has 3 aromatic rings. The number of carbonyl (C=O) groups excluding carboxylic acids is 1. The van der Waals surface area contributed by atoms with Crippen molar-refractivity contribution in [2.45, 2.75) is 31.2 Å². The third kappa shape index (κ3) is 5.13. The van der Waals surface area contributed by atoms with Gasteiger partial charge in [0.05, 0.1) is 0 Å². The van der Waals surface area contributed by atoms with E-state index in [1.165, 1.54) is 11.3 Å². The monoisotopic (exact) mass is 492 g/mol. The summed E-state index contributed by atoms with van der Waals surface area (Å²) in [6.07, 6.45) is 1.32. The highest BCUT2D eigenvalue weighted by molar-refractivity contribution is 5.85. The van der Waals surface area contributed by atoms with Gasteiger partial charge in [0.1, 0.15) is 12.6 Å². The topological polar surface area (TPSA) is 78.9 Å². The van der Waals surface area contributed by atoms with Crippen LogP contribution in [0.5, 0.6) is 0 Å². The van der Waals surface area contributed by atoms with Crippen LogP contribution in [0, 0.1) is 0 Å². The van der Waals surface area contributed by atoms with Crippen molar-refractivity contribution in [3.05, 3.63) is 89.5 Å². The summed E-state index contributed by atoms with van der Waals surface area (Å²) in [4.78, 5) is 26.6. The molecule has 1 amide bonds. The molecular weight excluding hydrogens is 464 g/mol. The van der Waals surface area contributed by atoms with Gasteiger partial charge in [-0.15, -0.1) is 12.4 Å². The summed E-state index contributed by atoms with van der Waals surface area (Å²) < 4.78 is 5.52. The Kier molecular flexibility index (Phi) is 7.61. The van der Waals surface area contributed by atoms with E-state index in [1.807, 2.05) is 36.4 Å². The quantitative estimate of drug-likeness (QED) is 0.449. The summed E-state index contributed by atoms with van der Waals surface area (Å²) in [6.45, 7) is 1.86. The van der Waals surface area contributed by atoms with E-state index in [0.29, 0.717) is 12.8 Å². The number of carbonyl (C=O) groups is 2. The number of nitrogens with zero attached hydrogens (tertiary/aromatic N) is 1. The molecule has 1 aliphatic carbocycles. The molecule has 1 aliphatic heterocycles. The van der Waals surface area contributed by atoms with Gasteiger partial charge >= 0.3 is 12.1 Å². The van der Waals surface area contributed by atoms with Crippen molar-refractivity contribution in [1.82, 2.24) is 5.32 Å². The van der Waals surface area contributed by atoms with Crippen LogP contribution in [0.1, 0.15) is 35.4 Å². The van der Waals surface area contributed by atoms with Crippen LogP contribution in [0.4, 0.5) is 10.5 Å². The number of aliphatic carboxylic acids is 1. The number of hydrogen-bond acceptors (Lipinski definition) is 4. The number of halogens is 1. The summed E-state index contributed by atoms with van der Waals surface area (Å²) in [5.41, 5.74) is 7.10. The highest BCUT2D eigenvalue weighted by Gasteiger charge is 2.30. The Morgan fingerprint density at radius 2 is 1.60 bits per heavy atom. The van der Waals surface area contributed by atoms with Gasteiger partial charge in [0.25, 0.3) is 0 Å². The first-order chi connectivity index (χ1) is 16.6. The van der Waals surface area contributed by atoms with Gasteiger partial charge in [0.15, 0.2) is 0 Å². The molecule has 0 spiro atoms. The molecule has 1 atom stereocenters. The summed E-state index contributed by atoms with van der Waals surface area (Å²) in [6, 6.07) is 23.6. The second-order valence-corrected chi connectivity index (χ2v) is 8.87. The number of ether oxygens (including phenoxy) is 1. The molecule has 0 aromatic heterocycles. The lowest BCUT2D eigenvalue weighted by atomic mass is 9.98. The number of anilines is 1. The van der Waals surface area contributed by atoms with Crippen molar-refractivity contribution in [3.63, 3.8) is 0 Å². The molecule has 0 bridgehead atoms. The number of carboxylic acid groups (broad SMARTS) is 1. The zero-order chi connectivity index (χ0) is 23.5. The molecule has 5 rings (SSSR count). The Labute approximate surface area is 211 Å². The number of fused-ring (bicyclic) bond motifs is 4. The molecule has 182 valence electrons. The van der Waals surface area contributed by atoms with Crippen molar-refractivity contribution in [3.8, 4) is 11.1 Å². The molecule has 0 saturated carbocycles. The van der Waals surface area contributed by atoms with Crippen LogP contribution >= 0.6 is 12.4 Å². The van der Waals surface area contributed by atoms with Gasteiger partial charge < -0.3 is 20.1 Å². The molecule has 0 saturated heterocycles. The molecule has 0 unspecified atom stereocenters. The molecule has 3 aromatic carbocycles. The minimum atomic E-state index is -1.05. The van der Waals surface area contributed by atoms with Crippen LogP contribution in [0.15, 0.2) is 72.8 Å². The molecule has 2 N–H and O–H groups in total. The molecule has 0 radical (unpaired) electrons. The number of para-hydroxylation sites is 1. The first kappa shape index (κ1) is 24.6. The predicted molar refractivity (Wildman–Crippen MR) is 138 cm³/mol. The second-order valence-electron chi connectivity index (χ2n) is 8.87. The zero-order valence-electron chi connectivity index (χ0n) is 19.4. The maximum atomic E-state index is 12.5. The number of alkyl carbamates (subject to hydrolysis) is 1. The highest BCUT2D eigenvalue weighted by Crippen LogP contribution is 2.44. The number of hydrogen-bond donors (Lipinski definition) is 2. The minimum absolute atomic E-state index is 0. The van der Waals surface area contributed by atoms with E-state index < -0.39 is 18.1 Å². The van der Waals surface area contributed by atoms with Crippen molar-refractivity contribution in [1.29, 1.82) is 0 Å². The fourth-order valence-corrected chi connectivity index (χ4v) is 5.16. The number of nitrogens with one attached hydrogen (secondary N) is 1. The Morgan fingerprint density at radius 3 is 2.29 bits per heavy atom. The second kappa shape index (κ2) is 10.8.